The van der Waals surface area contributed by atoms with Gasteiger partial charge in [0.2, 0.25) is 14.2 Å². The average molecular weight is 797 g/mol. The molecular weight excluding hydrogens is 736 g/mol. The van der Waals surface area contributed by atoms with Crippen molar-refractivity contribution < 1.29 is 28.3 Å². The minimum absolute atomic E-state index is 0.0226. The maximum atomic E-state index is 14.9. The molecular formula is C46H61N2O6PSi. The van der Waals surface area contributed by atoms with Crippen LogP contribution >= 0.6 is 6.89 Å². The molecule has 0 aliphatic rings. The van der Waals surface area contributed by atoms with Gasteiger partial charge in [-0.1, -0.05) is 163 Å². The quantitative estimate of drug-likeness (QED) is 0.0632. The standard InChI is InChI=1S/C46H61N2O6PSi/c1-34(2)56(35(3)4,36(5)6)54-41(30-31-47-45(51)53-46(7,8)9)43(44(50)52-32-37-22-14-10-15-23-37)48-42(49)33-55(38-24-16-11-17-25-38,39-26-18-12-19-27-39)40-28-20-13-21-29-40/h10-29,33-36,41,43H,30-32H2,1-9H3,(H,47,51)(H,48,49)/t41-,43-/m0/s1. The smallest absolute Gasteiger partial charge is 0.407 e. The van der Waals surface area contributed by atoms with E-state index in [0.29, 0.717) is 0 Å². The number of rotatable bonds is 17. The van der Waals surface area contributed by atoms with Gasteiger partial charge in [0.05, 0.1) is 6.10 Å². The predicted molar refractivity (Wildman–Crippen MR) is 234 cm³/mol. The highest BCUT2D eigenvalue weighted by Crippen LogP contribution is 2.45. The van der Waals surface area contributed by atoms with Crippen LogP contribution in [0.2, 0.25) is 16.6 Å². The van der Waals surface area contributed by atoms with Crippen molar-refractivity contribution in [2.45, 2.75) is 110 Å². The normalized spacial score (nSPS) is 13.2. The number of nitrogens with one attached hydrogen (secondary N) is 2. The molecule has 2 atom stereocenters. The summed E-state index contributed by atoms with van der Waals surface area (Å²) in [5, 5.41) is 8.99. The van der Waals surface area contributed by atoms with E-state index in [9.17, 15) is 14.4 Å². The zero-order valence-electron chi connectivity index (χ0n) is 34.5. The molecule has 4 rings (SSSR count). The van der Waals surface area contributed by atoms with Gasteiger partial charge in [0.25, 0.3) is 0 Å². The Hall–Kier alpha value is -4.43. The van der Waals surface area contributed by atoms with E-state index in [1.165, 1.54) is 0 Å². The highest BCUT2D eigenvalue weighted by atomic mass is 31.2. The van der Waals surface area contributed by atoms with E-state index in [0.717, 1.165) is 21.5 Å². The van der Waals surface area contributed by atoms with Gasteiger partial charge in [0, 0.05) is 12.3 Å². The molecule has 0 aliphatic carbocycles. The Kier molecular flexibility index (Phi) is 15.9. The predicted octanol–water partition coefficient (Wildman–Crippen LogP) is 8.49. The van der Waals surface area contributed by atoms with Gasteiger partial charge in [0.15, 0.2) is 6.04 Å². The van der Waals surface area contributed by atoms with Crippen LogP contribution in [0.1, 0.15) is 74.3 Å². The monoisotopic (exact) mass is 796 g/mol. The third-order valence-electron chi connectivity index (χ3n) is 10.1. The summed E-state index contributed by atoms with van der Waals surface area (Å²) in [5.74, 6) is 0.745. The van der Waals surface area contributed by atoms with Crippen molar-refractivity contribution in [2.24, 2.45) is 0 Å². The van der Waals surface area contributed by atoms with E-state index >= 15 is 0 Å². The number of carbonyl (C=O) groups is 3. The number of alkyl carbamates (subject to hydrolysis) is 1. The number of benzene rings is 4. The highest BCUT2D eigenvalue weighted by molar-refractivity contribution is 7.95. The van der Waals surface area contributed by atoms with Crippen LogP contribution in [0.3, 0.4) is 0 Å². The molecule has 0 aromatic heterocycles. The molecule has 0 fully saturated rings. The fraction of sp³-hybridized carbons (Fsp3) is 0.391. The second-order valence-electron chi connectivity index (χ2n) is 16.1. The summed E-state index contributed by atoms with van der Waals surface area (Å²) in [5.41, 5.74) is 0.674. The molecule has 8 nitrogen and oxygen atoms in total. The Balaban J connectivity index is 1.88. The first-order valence-corrected chi connectivity index (χ1v) is 23.7. The highest BCUT2D eigenvalue weighted by Gasteiger charge is 2.49. The Labute approximate surface area is 335 Å². The maximum Gasteiger partial charge on any atom is 0.407 e. The lowest BCUT2D eigenvalue weighted by Gasteiger charge is -2.46. The number of amides is 2. The van der Waals surface area contributed by atoms with E-state index in [4.69, 9.17) is 13.9 Å². The lowest BCUT2D eigenvalue weighted by molar-refractivity contribution is -0.151. The summed E-state index contributed by atoms with van der Waals surface area (Å²) in [6.45, 7) is 15.9. The summed E-state index contributed by atoms with van der Waals surface area (Å²) < 4.78 is 18.9. The average Bonchev–Trinajstić information content (AvgIpc) is 3.17. The molecule has 0 saturated carbocycles. The zero-order chi connectivity index (χ0) is 40.9. The largest absolute Gasteiger partial charge is 0.459 e. The van der Waals surface area contributed by atoms with Gasteiger partial charge in [-0.25, -0.2) is 9.59 Å². The van der Waals surface area contributed by atoms with Gasteiger partial charge in [0.1, 0.15) is 12.2 Å². The van der Waals surface area contributed by atoms with Crippen LogP contribution in [0, 0.1) is 0 Å². The molecule has 10 heteroatoms. The van der Waals surface area contributed by atoms with Crippen LogP contribution in [0.25, 0.3) is 0 Å². The second kappa shape index (κ2) is 20.1. The van der Waals surface area contributed by atoms with E-state index in [1.807, 2.05) is 84.9 Å². The van der Waals surface area contributed by atoms with Crippen LogP contribution in [0.15, 0.2) is 121 Å². The molecule has 300 valence electrons. The minimum Gasteiger partial charge on any atom is -0.459 e. The molecule has 2 N–H and O–H groups in total. The number of ether oxygens (including phenoxy) is 2. The van der Waals surface area contributed by atoms with Gasteiger partial charge in [-0.05, 0) is 72.2 Å². The maximum absolute atomic E-state index is 14.9. The molecule has 0 bridgehead atoms. The first-order chi connectivity index (χ1) is 26.6. The summed E-state index contributed by atoms with van der Waals surface area (Å²) >= 11 is 0. The first kappa shape index (κ1) is 44.3. The summed E-state index contributed by atoms with van der Waals surface area (Å²) in [6, 6.07) is 38.4. The summed E-state index contributed by atoms with van der Waals surface area (Å²) in [6.07, 6.45) is -1.18. The fourth-order valence-electron chi connectivity index (χ4n) is 7.74. The van der Waals surface area contributed by atoms with Crippen molar-refractivity contribution in [2.75, 3.05) is 6.54 Å². The third-order valence-corrected chi connectivity index (χ3v) is 20.2. The Morgan fingerprint density at radius 1 is 0.679 bits per heavy atom. The third kappa shape index (κ3) is 11.3. The number of esters is 1. The Morgan fingerprint density at radius 2 is 1.11 bits per heavy atom. The van der Waals surface area contributed by atoms with E-state index in [2.05, 4.69) is 88.6 Å². The van der Waals surface area contributed by atoms with Gasteiger partial charge in [-0.15, -0.1) is 0 Å². The molecule has 0 unspecified atom stereocenters. The molecule has 4 aromatic carbocycles. The lowest BCUT2D eigenvalue weighted by Crippen LogP contribution is -2.58. The van der Waals surface area contributed by atoms with E-state index < -0.39 is 50.9 Å². The molecule has 56 heavy (non-hydrogen) atoms. The van der Waals surface area contributed by atoms with Crippen LogP contribution in [-0.2, 0) is 30.1 Å². The van der Waals surface area contributed by atoms with Crippen molar-refractivity contribution >= 4 is 54.9 Å². The zero-order valence-corrected chi connectivity index (χ0v) is 36.4. The number of carbonyl (C=O) groups excluding carboxylic acids is 3. The van der Waals surface area contributed by atoms with Crippen LogP contribution < -0.4 is 26.5 Å². The molecule has 0 spiro atoms. The topological polar surface area (TPSA) is 103 Å². The molecule has 0 heterocycles. The van der Waals surface area contributed by atoms with Crippen molar-refractivity contribution in [1.29, 1.82) is 0 Å². The van der Waals surface area contributed by atoms with Crippen LogP contribution in [0.4, 0.5) is 4.79 Å². The van der Waals surface area contributed by atoms with E-state index in [-0.39, 0.29) is 36.2 Å². The SMILES string of the molecule is CC(C)[Si](O[C@@H](CCNC(=O)OC(C)(C)C)[C@H](NC(=O)C=P(c1ccccc1)(c1ccccc1)c1ccccc1)C(=O)OCc1ccccc1)(C(C)C)C(C)C. The van der Waals surface area contributed by atoms with Gasteiger partial charge in [-0.2, -0.15) is 0 Å². The number of hydrogen-bond acceptors (Lipinski definition) is 6. The molecule has 0 saturated heterocycles. The van der Waals surface area contributed by atoms with Crippen LogP contribution in [-0.4, -0.2) is 56.4 Å². The minimum atomic E-state index is -2.73. The Morgan fingerprint density at radius 3 is 1.52 bits per heavy atom. The van der Waals surface area contributed by atoms with Crippen molar-refractivity contribution in [1.82, 2.24) is 10.6 Å². The number of hydrogen-bond donors (Lipinski definition) is 2. The second-order valence-corrected chi connectivity index (χ2v) is 24.8. The molecule has 0 aliphatic heterocycles. The summed E-state index contributed by atoms with van der Waals surface area (Å²) in [7, 11) is -2.66. The van der Waals surface area contributed by atoms with Crippen molar-refractivity contribution in [3.05, 3.63) is 127 Å². The van der Waals surface area contributed by atoms with Crippen molar-refractivity contribution in [3.63, 3.8) is 0 Å². The lowest BCUT2D eigenvalue weighted by atomic mass is 10.1. The van der Waals surface area contributed by atoms with E-state index in [1.54, 1.807) is 26.6 Å². The van der Waals surface area contributed by atoms with Crippen LogP contribution in [0.5, 0.6) is 0 Å². The molecule has 2 amide bonds. The summed E-state index contributed by atoms with van der Waals surface area (Å²) in [4.78, 5) is 42.3. The molecule has 0 radical (unpaired) electrons. The first-order valence-electron chi connectivity index (χ1n) is 19.7. The van der Waals surface area contributed by atoms with Gasteiger partial charge in [-0.3, -0.25) is 4.79 Å². The van der Waals surface area contributed by atoms with Gasteiger partial charge >= 0.3 is 12.1 Å². The Bertz CT molecular complexity index is 1770. The van der Waals surface area contributed by atoms with Crippen molar-refractivity contribution in [3.8, 4) is 0 Å². The fourth-order valence-corrected chi connectivity index (χ4v) is 17.0. The molecule has 4 aromatic rings. The van der Waals surface area contributed by atoms with Gasteiger partial charge < -0.3 is 24.5 Å².